The van der Waals surface area contributed by atoms with E-state index in [4.69, 9.17) is 9.47 Å². The van der Waals surface area contributed by atoms with E-state index < -0.39 is 11.8 Å². The van der Waals surface area contributed by atoms with Crippen molar-refractivity contribution in [2.45, 2.75) is 77.6 Å². The van der Waals surface area contributed by atoms with Crippen molar-refractivity contribution in [1.29, 1.82) is 0 Å². The third kappa shape index (κ3) is 11.1. The summed E-state index contributed by atoms with van der Waals surface area (Å²) in [5.41, 5.74) is 0.999. The van der Waals surface area contributed by atoms with Gasteiger partial charge < -0.3 is 20.1 Å². The van der Waals surface area contributed by atoms with Crippen molar-refractivity contribution < 1.29 is 19.1 Å². The number of ether oxygens (including phenoxy) is 2. The van der Waals surface area contributed by atoms with Crippen LogP contribution in [0.3, 0.4) is 0 Å². The van der Waals surface area contributed by atoms with Gasteiger partial charge in [-0.15, -0.1) is 0 Å². The van der Waals surface area contributed by atoms with Crippen molar-refractivity contribution in [1.82, 2.24) is 10.6 Å². The zero-order valence-electron chi connectivity index (χ0n) is 19.1. The fourth-order valence-corrected chi connectivity index (χ4v) is 3.33. The Morgan fingerprint density at radius 1 is 0.733 bits per heavy atom. The highest BCUT2D eigenvalue weighted by atomic mass is 16.5. The first-order chi connectivity index (χ1) is 14.6. The van der Waals surface area contributed by atoms with Gasteiger partial charge in [-0.1, -0.05) is 70.8 Å². The Morgan fingerprint density at radius 2 is 1.27 bits per heavy atom. The molecule has 170 valence electrons. The summed E-state index contributed by atoms with van der Waals surface area (Å²) in [6.07, 6.45) is 13.1. The van der Waals surface area contributed by atoms with Crippen LogP contribution in [0.2, 0.25) is 0 Å². The number of hydrogen-bond donors (Lipinski definition) is 2. The Hall–Kier alpha value is -2.24. The summed E-state index contributed by atoms with van der Waals surface area (Å²) >= 11 is 0. The van der Waals surface area contributed by atoms with Crippen LogP contribution in [0.15, 0.2) is 18.2 Å². The molecule has 1 rings (SSSR count). The molecule has 0 aliphatic rings. The first kappa shape index (κ1) is 25.8. The molecule has 0 aliphatic heterocycles. The number of rotatable bonds is 16. The third-order valence-corrected chi connectivity index (χ3v) is 5.17. The molecule has 0 aromatic heterocycles. The minimum Gasteiger partial charge on any atom is -0.493 e. The lowest BCUT2D eigenvalue weighted by molar-refractivity contribution is -0.139. The van der Waals surface area contributed by atoms with E-state index in [0.717, 1.165) is 18.4 Å². The Labute approximate surface area is 182 Å². The summed E-state index contributed by atoms with van der Waals surface area (Å²) in [5.74, 6) is 0.174. The second kappa shape index (κ2) is 16.5. The Bertz CT molecular complexity index is 619. The van der Waals surface area contributed by atoms with E-state index in [1.165, 1.54) is 51.4 Å². The lowest BCUT2D eigenvalue weighted by Crippen LogP contribution is -2.40. The number of hydrogen-bond acceptors (Lipinski definition) is 4. The van der Waals surface area contributed by atoms with E-state index in [1.54, 1.807) is 14.2 Å². The molecule has 0 unspecified atom stereocenters. The average Bonchev–Trinajstić information content (AvgIpc) is 2.77. The minimum atomic E-state index is -0.581. The molecule has 1 aromatic rings. The Kier molecular flexibility index (Phi) is 14.2. The molecular weight excluding hydrogens is 380 g/mol. The van der Waals surface area contributed by atoms with Gasteiger partial charge in [0.05, 0.1) is 14.2 Å². The Balaban J connectivity index is 2.07. The SMILES string of the molecule is CCCCCCCCCCCCNC(=O)C(=O)NCCc1ccc(OC)c(OC)c1. The largest absolute Gasteiger partial charge is 0.493 e. The molecule has 30 heavy (non-hydrogen) atoms. The van der Waals surface area contributed by atoms with Crippen molar-refractivity contribution >= 4 is 11.8 Å². The van der Waals surface area contributed by atoms with Crippen LogP contribution in [0.1, 0.15) is 76.7 Å². The van der Waals surface area contributed by atoms with Crippen molar-refractivity contribution in [3.8, 4) is 11.5 Å². The summed E-state index contributed by atoms with van der Waals surface area (Å²) < 4.78 is 10.5. The van der Waals surface area contributed by atoms with E-state index in [0.29, 0.717) is 31.0 Å². The van der Waals surface area contributed by atoms with Crippen molar-refractivity contribution in [2.75, 3.05) is 27.3 Å². The van der Waals surface area contributed by atoms with Gasteiger partial charge in [0.25, 0.3) is 0 Å². The van der Waals surface area contributed by atoms with Crippen LogP contribution in [0, 0.1) is 0 Å². The topological polar surface area (TPSA) is 76.7 Å². The zero-order valence-corrected chi connectivity index (χ0v) is 19.1. The molecule has 0 spiro atoms. The van der Waals surface area contributed by atoms with Crippen LogP contribution < -0.4 is 20.1 Å². The van der Waals surface area contributed by atoms with Crippen molar-refractivity contribution in [2.24, 2.45) is 0 Å². The van der Waals surface area contributed by atoms with Gasteiger partial charge in [-0.05, 0) is 30.5 Å². The molecule has 0 bridgehead atoms. The highest BCUT2D eigenvalue weighted by molar-refractivity contribution is 6.35. The molecule has 6 nitrogen and oxygen atoms in total. The molecule has 6 heteroatoms. The monoisotopic (exact) mass is 420 g/mol. The maximum absolute atomic E-state index is 11.9. The van der Waals surface area contributed by atoms with Crippen LogP contribution in [0.5, 0.6) is 11.5 Å². The molecule has 2 amide bonds. The number of benzene rings is 1. The van der Waals surface area contributed by atoms with Crippen LogP contribution >= 0.6 is 0 Å². The molecular formula is C24H40N2O4. The summed E-state index contributed by atoms with van der Waals surface area (Å²) in [6.45, 7) is 3.18. The highest BCUT2D eigenvalue weighted by Gasteiger charge is 2.12. The van der Waals surface area contributed by atoms with Gasteiger partial charge >= 0.3 is 11.8 Å². The number of carbonyl (C=O) groups excluding carboxylic acids is 2. The van der Waals surface area contributed by atoms with E-state index in [9.17, 15) is 9.59 Å². The fraction of sp³-hybridized carbons (Fsp3) is 0.667. The summed E-state index contributed by atoms with van der Waals surface area (Å²) in [7, 11) is 3.17. The van der Waals surface area contributed by atoms with E-state index in [-0.39, 0.29) is 0 Å². The highest BCUT2D eigenvalue weighted by Crippen LogP contribution is 2.27. The number of nitrogens with one attached hydrogen (secondary N) is 2. The third-order valence-electron chi connectivity index (χ3n) is 5.17. The maximum atomic E-state index is 11.9. The molecule has 0 aliphatic carbocycles. The minimum absolute atomic E-state index is 0.389. The number of methoxy groups -OCH3 is 2. The van der Waals surface area contributed by atoms with E-state index >= 15 is 0 Å². The molecule has 0 saturated carbocycles. The smallest absolute Gasteiger partial charge is 0.309 e. The lowest BCUT2D eigenvalue weighted by atomic mass is 10.1. The van der Waals surface area contributed by atoms with Gasteiger partial charge in [-0.2, -0.15) is 0 Å². The second-order valence-electron chi connectivity index (χ2n) is 7.63. The molecule has 1 aromatic carbocycles. The van der Waals surface area contributed by atoms with Gasteiger partial charge in [0.15, 0.2) is 11.5 Å². The summed E-state index contributed by atoms with van der Waals surface area (Å²) in [4.78, 5) is 23.8. The molecule has 0 saturated heterocycles. The first-order valence-electron chi connectivity index (χ1n) is 11.4. The molecule has 0 fully saturated rings. The summed E-state index contributed by atoms with van der Waals surface area (Å²) in [5, 5.41) is 5.37. The van der Waals surface area contributed by atoms with Crippen molar-refractivity contribution in [3.63, 3.8) is 0 Å². The quantitative estimate of drug-likeness (QED) is 0.307. The van der Waals surface area contributed by atoms with Gasteiger partial charge in [0.1, 0.15) is 0 Å². The number of unbranched alkanes of at least 4 members (excludes halogenated alkanes) is 9. The molecule has 0 atom stereocenters. The van der Waals surface area contributed by atoms with Gasteiger partial charge in [-0.25, -0.2) is 0 Å². The van der Waals surface area contributed by atoms with Gasteiger partial charge in [-0.3, -0.25) is 9.59 Å². The van der Waals surface area contributed by atoms with Crippen molar-refractivity contribution in [3.05, 3.63) is 23.8 Å². The first-order valence-corrected chi connectivity index (χ1v) is 11.4. The zero-order chi connectivity index (χ0) is 22.0. The lowest BCUT2D eigenvalue weighted by Gasteiger charge is -2.10. The molecule has 2 N–H and O–H groups in total. The predicted molar refractivity (Wildman–Crippen MR) is 121 cm³/mol. The van der Waals surface area contributed by atoms with Crippen LogP contribution in [-0.4, -0.2) is 39.1 Å². The van der Waals surface area contributed by atoms with E-state index in [2.05, 4.69) is 17.6 Å². The molecule has 0 radical (unpaired) electrons. The number of carbonyl (C=O) groups is 2. The van der Waals surface area contributed by atoms with E-state index in [1.807, 2.05) is 18.2 Å². The normalized spacial score (nSPS) is 10.5. The molecule has 0 heterocycles. The van der Waals surface area contributed by atoms with Gasteiger partial charge in [0, 0.05) is 13.1 Å². The number of amides is 2. The Morgan fingerprint density at radius 3 is 1.83 bits per heavy atom. The fourth-order valence-electron chi connectivity index (χ4n) is 3.33. The average molecular weight is 421 g/mol. The van der Waals surface area contributed by atoms with Crippen LogP contribution in [-0.2, 0) is 16.0 Å². The second-order valence-corrected chi connectivity index (χ2v) is 7.63. The summed E-state index contributed by atoms with van der Waals surface area (Å²) in [6, 6.07) is 5.62. The maximum Gasteiger partial charge on any atom is 0.309 e. The standard InChI is InChI=1S/C24H40N2O4/c1-4-5-6-7-8-9-10-11-12-13-17-25-23(27)24(28)26-18-16-20-14-15-21(29-2)22(19-20)30-3/h14-15,19H,4-13,16-18H2,1-3H3,(H,25,27)(H,26,28). The van der Waals surface area contributed by atoms with Crippen LogP contribution in [0.25, 0.3) is 0 Å². The van der Waals surface area contributed by atoms with Gasteiger partial charge in [0.2, 0.25) is 0 Å². The predicted octanol–water partition coefficient (Wildman–Crippen LogP) is 4.40. The van der Waals surface area contributed by atoms with Crippen LogP contribution in [0.4, 0.5) is 0 Å².